The summed E-state index contributed by atoms with van der Waals surface area (Å²) in [5, 5.41) is 5.48. The molecule has 0 bridgehead atoms. The number of carbonyl (C=O) groups is 3. The largest absolute Gasteiger partial charge is 0.445 e. The zero-order valence-electron chi connectivity index (χ0n) is 21.8. The van der Waals surface area contributed by atoms with Crippen LogP contribution < -0.4 is 15.2 Å². The lowest BCUT2D eigenvalue weighted by Crippen LogP contribution is -2.35. The van der Waals surface area contributed by atoms with Gasteiger partial charge in [-0.15, -0.1) is 0 Å². The van der Waals surface area contributed by atoms with E-state index >= 15 is 0 Å². The highest BCUT2D eigenvalue weighted by Crippen LogP contribution is 2.36. The van der Waals surface area contributed by atoms with Gasteiger partial charge in [-0.05, 0) is 40.5 Å². The topological polar surface area (TPSA) is 112 Å². The lowest BCUT2D eigenvalue weighted by Gasteiger charge is -2.14. The third-order valence-electron chi connectivity index (χ3n) is 5.73. The molecule has 2 N–H and O–H groups in total. The molecule has 1 aliphatic heterocycles. The Hall–Kier alpha value is -3.56. The molecule has 0 saturated heterocycles. The number of carbonyl (C=O) groups excluding carboxylic acids is 3. The summed E-state index contributed by atoms with van der Waals surface area (Å²) in [6.07, 6.45) is 4.83. The maximum absolute atomic E-state index is 12.3. The lowest BCUT2D eigenvalue weighted by molar-refractivity contribution is -0.727. The van der Waals surface area contributed by atoms with Crippen LogP contribution in [-0.2, 0) is 51.9 Å². The first-order valence-electron chi connectivity index (χ1n) is 12.4. The molecule has 0 unspecified atom stereocenters. The maximum Gasteiger partial charge on any atom is 0.407 e. The van der Waals surface area contributed by atoms with E-state index in [0.29, 0.717) is 6.42 Å². The minimum atomic E-state index is -0.504. The summed E-state index contributed by atoms with van der Waals surface area (Å²) < 4.78 is 20.3. The van der Waals surface area contributed by atoms with Crippen LogP contribution >= 0.6 is 0 Å². The van der Waals surface area contributed by atoms with Crippen LogP contribution in [0.2, 0.25) is 0 Å². The Bertz CT molecular complexity index is 1080. The number of fused-ring (bicyclic) bond motifs is 1. The van der Waals surface area contributed by atoms with Gasteiger partial charge in [-0.25, -0.2) is 9.59 Å². The van der Waals surface area contributed by atoms with Gasteiger partial charge >= 0.3 is 18.2 Å². The number of pyridine rings is 1. The molecule has 0 aliphatic carbocycles. The average molecular weight is 502 g/mol. The minimum Gasteiger partial charge on any atom is -0.445 e. The minimum absolute atomic E-state index is 0.0389. The Kier molecular flexibility index (Phi) is 9.32. The summed E-state index contributed by atoms with van der Waals surface area (Å²) in [4.78, 5) is 35.9. The summed E-state index contributed by atoms with van der Waals surface area (Å²) in [7, 11) is 0. The highest BCUT2D eigenvalue weighted by atomic mass is 16.6. The number of nitrogens with one attached hydrogen (secondary N) is 2. The van der Waals surface area contributed by atoms with Crippen LogP contribution in [-0.4, -0.2) is 34.8 Å². The molecule has 0 fully saturated rings. The van der Waals surface area contributed by atoms with Crippen molar-refractivity contribution in [2.45, 2.75) is 92.5 Å². The highest BCUT2D eigenvalue weighted by molar-refractivity contribution is 5.71. The average Bonchev–Trinajstić information content (AvgIpc) is 3.40. The summed E-state index contributed by atoms with van der Waals surface area (Å²) in [6.45, 7) is 10.3. The van der Waals surface area contributed by atoms with Gasteiger partial charge in [-0.1, -0.05) is 6.92 Å². The van der Waals surface area contributed by atoms with Crippen molar-refractivity contribution in [3.05, 3.63) is 41.3 Å². The third-order valence-corrected chi connectivity index (χ3v) is 5.73. The molecule has 0 aromatic carbocycles. The van der Waals surface area contributed by atoms with Gasteiger partial charge in [0.1, 0.15) is 13.2 Å². The van der Waals surface area contributed by atoms with Crippen molar-refractivity contribution in [1.29, 1.82) is 0 Å². The van der Waals surface area contributed by atoms with Crippen molar-refractivity contribution in [3.8, 4) is 11.3 Å². The molecule has 2 aromatic rings. The van der Waals surface area contributed by atoms with Crippen molar-refractivity contribution >= 4 is 18.2 Å². The summed E-state index contributed by atoms with van der Waals surface area (Å²) in [6, 6.07) is 3.79. The molecule has 0 spiro atoms. The molecule has 0 atom stereocenters. The fourth-order valence-electron chi connectivity index (χ4n) is 4.15. The first-order valence-corrected chi connectivity index (χ1v) is 12.4. The standard InChI is InChI=1S/C26H36N4O6/c1-6-23(31)36-16-29-12-9-19(10-13-29)24-21(15-35-26(33)28-18(4)5)20(22-8-7-11-30(22)24)14-34-25(32)27-17(2)3/h9-10,12-13,17-18H,6-8,11,14-16H2,1-5H3,(H-,27,28,32,33)/p+1. The fourth-order valence-corrected chi connectivity index (χ4v) is 4.15. The number of rotatable bonds is 10. The van der Waals surface area contributed by atoms with E-state index in [2.05, 4.69) is 15.2 Å². The molecule has 10 nitrogen and oxygen atoms in total. The Morgan fingerprint density at radius 2 is 1.53 bits per heavy atom. The molecule has 3 heterocycles. The number of nitrogens with zero attached hydrogens (tertiary/aromatic N) is 2. The number of aromatic nitrogens is 2. The van der Waals surface area contributed by atoms with Crippen LogP contribution in [0.1, 0.15) is 64.3 Å². The predicted octanol–water partition coefficient (Wildman–Crippen LogP) is 3.57. The number of hydrogen-bond donors (Lipinski definition) is 2. The molecule has 36 heavy (non-hydrogen) atoms. The van der Waals surface area contributed by atoms with E-state index in [9.17, 15) is 14.4 Å². The molecule has 0 saturated carbocycles. The monoisotopic (exact) mass is 501 g/mol. The van der Waals surface area contributed by atoms with E-state index in [0.717, 1.165) is 47.5 Å². The molecule has 0 radical (unpaired) electrons. The van der Waals surface area contributed by atoms with Crippen LogP contribution in [0.15, 0.2) is 24.5 Å². The first-order chi connectivity index (χ1) is 17.2. The van der Waals surface area contributed by atoms with E-state index in [4.69, 9.17) is 14.2 Å². The highest BCUT2D eigenvalue weighted by Gasteiger charge is 2.28. The Labute approximate surface area is 211 Å². The summed E-state index contributed by atoms with van der Waals surface area (Å²) >= 11 is 0. The fraction of sp³-hybridized carbons (Fsp3) is 0.538. The van der Waals surface area contributed by atoms with Gasteiger partial charge in [0.25, 0.3) is 6.73 Å². The van der Waals surface area contributed by atoms with E-state index in [1.165, 1.54) is 0 Å². The molecular formula is C26H37N4O6+. The van der Waals surface area contributed by atoms with Gasteiger partial charge in [0, 0.05) is 59.6 Å². The van der Waals surface area contributed by atoms with Crippen molar-refractivity contribution in [2.75, 3.05) is 0 Å². The second-order valence-corrected chi connectivity index (χ2v) is 9.36. The number of hydrogen-bond acceptors (Lipinski definition) is 6. The third kappa shape index (κ3) is 6.99. The maximum atomic E-state index is 12.3. The molecule has 2 amide bonds. The first kappa shape index (κ1) is 27.0. The zero-order chi connectivity index (χ0) is 26.2. The van der Waals surface area contributed by atoms with Crippen LogP contribution in [0, 0.1) is 0 Å². The zero-order valence-corrected chi connectivity index (χ0v) is 21.8. The summed E-state index contributed by atoms with van der Waals surface area (Å²) in [5.74, 6) is -0.263. The van der Waals surface area contributed by atoms with Crippen molar-refractivity contribution in [1.82, 2.24) is 15.2 Å². The van der Waals surface area contributed by atoms with E-state index in [1.807, 2.05) is 52.2 Å². The second-order valence-electron chi connectivity index (χ2n) is 9.36. The SMILES string of the molecule is CCC(=O)OC[n+]1ccc(-c2c(COC(=O)NC(C)C)c(COC(=O)NC(C)C)c3n2CCC3)cc1. The second kappa shape index (κ2) is 12.4. The lowest BCUT2D eigenvalue weighted by atomic mass is 10.0. The molecular weight excluding hydrogens is 464 g/mol. The smallest absolute Gasteiger partial charge is 0.407 e. The van der Waals surface area contributed by atoms with Crippen molar-refractivity contribution < 1.29 is 33.2 Å². The summed E-state index contributed by atoms with van der Waals surface area (Å²) in [5.41, 5.74) is 4.62. The quantitative estimate of drug-likeness (QED) is 0.293. The molecule has 3 rings (SSSR count). The van der Waals surface area contributed by atoms with Crippen LogP contribution in [0.5, 0.6) is 0 Å². The van der Waals surface area contributed by atoms with Crippen LogP contribution in [0.4, 0.5) is 9.59 Å². The van der Waals surface area contributed by atoms with Gasteiger partial charge in [0.2, 0.25) is 0 Å². The van der Waals surface area contributed by atoms with Gasteiger partial charge in [0.15, 0.2) is 12.4 Å². The van der Waals surface area contributed by atoms with Gasteiger partial charge in [0.05, 0.1) is 5.69 Å². The predicted molar refractivity (Wildman–Crippen MR) is 132 cm³/mol. The van der Waals surface area contributed by atoms with Crippen molar-refractivity contribution in [3.63, 3.8) is 0 Å². The van der Waals surface area contributed by atoms with Gasteiger partial charge < -0.3 is 29.4 Å². The Morgan fingerprint density at radius 1 is 0.944 bits per heavy atom. The molecule has 10 heteroatoms. The number of esters is 1. The van der Waals surface area contributed by atoms with E-state index in [1.54, 1.807) is 11.5 Å². The molecule has 196 valence electrons. The Balaban J connectivity index is 1.92. The molecule has 2 aromatic heterocycles. The normalized spacial score (nSPS) is 12.4. The molecule has 1 aliphatic rings. The van der Waals surface area contributed by atoms with Crippen molar-refractivity contribution in [2.24, 2.45) is 0 Å². The van der Waals surface area contributed by atoms with Crippen LogP contribution in [0.3, 0.4) is 0 Å². The van der Waals surface area contributed by atoms with E-state index < -0.39 is 12.2 Å². The number of amides is 2. The van der Waals surface area contributed by atoms with E-state index in [-0.39, 0.29) is 38.0 Å². The van der Waals surface area contributed by atoms with Gasteiger partial charge in [-0.2, -0.15) is 4.57 Å². The number of alkyl carbamates (subject to hydrolysis) is 2. The van der Waals surface area contributed by atoms with Crippen LogP contribution in [0.25, 0.3) is 11.3 Å². The number of ether oxygens (including phenoxy) is 3. The Morgan fingerprint density at radius 3 is 2.08 bits per heavy atom. The van der Waals surface area contributed by atoms with Gasteiger partial charge in [-0.3, -0.25) is 4.79 Å².